The van der Waals surface area contributed by atoms with Crippen LogP contribution in [-0.4, -0.2) is 41.6 Å². The molecule has 0 amide bonds. The highest BCUT2D eigenvalue weighted by Crippen LogP contribution is 2.31. The van der Waals surface area contributed by atoms with E-state index in [1.807, 2.05) is 24.5 Å². The lowest BCUT2D eigenvalue weighted by Gasteiger charge is -2.13. The summed E-state index contributed by atoms with van der Waals surface area (Å²) in [5.41, 5.74) is 4.31. The van der Waals surface area contributed by atoms with Crippen molar-refractivity contribution in [2.24, 2.45) is 0 Å². The molecular weight excluding hydrogens is 382 g/mol. The highest BCUT2D eigenvalue weighted by Gasteiger charge is 2.15. The van der Waals surface area contributed by atoms with Gasteiger partial charge < -0.3 is 4.57 Å². The maximum Gasteiger partial charge on any atom is 0.205 e. The van der Waals surface area contributed by atoms with Crippen molar-refractivity contribution < 1.29 is 0 Å². The summed E-state index contributed by atoms with van der Waals surface area (Å²) >= 11 is 1.62. The van der Waals surface area contributed by atoms with Gasteiger partial charge in [-0.15, -0.1) is 20.4 Å². The quantitative estimate of drug-likeness (QED) is 0.441. The SMILES string of the molecule is CCCCc1nnc(SC)n1Cc1ccc(-c2ccccc2)c(-c2nn[nH]n2)c1. The summed E-state index contributed by atoms with van der Waals surface area (Å²) in [5, 5.41) is 24.5. The van der Waals surface area contributed by atoms with Crippen molar-refractivity contribution in [3.8, 4) is 22.5 Å². The molecule has 7 nitrogen and oxygen atoms in total. The Morgan fingerprint density at radius 2 is 1.86 bits per heavy atom. The Morgan fingerprint density at radius 3 is 2.59 bits per heavy atom. The van der Waals surface area contributed by atoms with Crippen molar-refractivity contribution in [2.75, 3.05) is 6.26 Å². The monoisotopic (exact) mass is 405 g/mol. The molecule has 0 saturated heterocycles. The summed E-state index contributed by atoms with van der Waals surface area (Å²) in [7, 11) is 0. The average Bonchev–Trinajstić information content (AvgIpc) is 3.43. The standard InChI is InChI=1S/C21H23N7S/c1-3-4-10-19-22-25-21(29-2)28(19)14-15-11-12-17(16-8-6-5-7-9-16)18(13-15)20-23-26-27-24-20/h5-9,11-13H,3-4,10,14H2,1-2H3,(H,23,24,26,27). The molecule has 4 rings (SSSR count). The van der Waals surface area contributed by atoms with Crippen LogP contribution in [0.3, 0.4) is 0 Å². The van der Waals surface area contributed by atoms with E-state index in [1.54, 1.807) is 11.8 Å². The lowest BCUT2D eigenvalue weighted by molar-refractivity contribution is 0.642. The molecule has 0 spiro atoms. The summed E-state index contributed by atoms with van der Waals surface area (Å²) in [6, 6.07) is 16.7. The Balaban J connectivity index is 1.73. The smallest absolute Gasteiger partial charge is 0.205 e. The number of aromatic nitrogens is 7. The lowest BCUT2D eigenvalue weighted by Crippen LogP contribution is -2.07. The number of H-pyrrole nitrogens is 1. The van der Waals surface area contributed by atoms with Crippen LogP contribution in [0.5, 0.6) is 0 Å². The van der Waals surface area contributed by atoms with Crippen LogP contribution >= 0.6 is 11.8 Å². The molecule has 0 radical (unpaired) electrons. The van der Waals surface area contributed by atoms with Gasteiger partial charge in [-0.05, 0) is 40.6 Å². The molecule has 4 aromatic rings. The zero-order chi connectivity index (χ0) is 20.1. The van der Waals surface area contributed by atoms with Crippen LogP contribution in [0.25, 0.3) is 22.5 Å². The number of thioether (sulfide) groups is 1. The first kappa shape index (κ1) is 19.3. The molecule has 8 heteroatoms. The molecule has 0 fully saturated rings. The van der Waals surface area contributed by atoms with Gasteiger partial charge in [-0.2, -0.15) is 5.21 Å². The molecule has 2 aromatic heterocycles. The minimum absolute atomic E-state index is 0.589. The third kappa shape index (κ3) is 4.22. The summed E-state index contributed by atoms with van der Waals surface area (Å²) in [4.78, 5) is 0. The third-order valence-corrected chi connectivity index (χ3v) is 5.49. The predicted molar refractivity (Wildman–Crippen MR) is 115 cm³/mol. The zero-order valence-electron chi connectivity index (χ0n) is 16.5. The van der Waals surface area contributed by atoms with Crippen molar-refractivity contribution in [1.29, 1.82) is 0 Å². The Labute approximate surface area is 174 Å². The van der Waals surface area contributed by atoms with Crippen LogP contribution in [0.2, 0.25) is 0 Å². The number of rotatable bonds is 8. The fourth-order valence-electron chi connectivity index (χ4n) is 3.35. The maximum atomic E-state index is 4.41. The molecule has 0 aliphatic carbocycles. The van der Waals surface area contributed by atoms with Crippen LogP contribution in [0.4, 0.5) is 0 Å². The zero-order valence-corrected chi connectivity index (χ0v) is 17.4. The van der Waals surface area contributed by atoms with Gasteiger partial charge in [0.15, 0.2) is 5.16 Å². The average molecular weight is 406 g/mol. The maximum absolute atomic E-state index is 4.41. The van der Waals surface area contributed by atoms with Crippen molar-refractivity contribution in [2.45, 2.75) is 37.9 Å². The van der Waals surface area contributed by atoms with E-state index in [0.717, 1.165) is 52.5 Å². The first-order chi connectivity index (χ1) is 14.3. The number of tetrazole rings is 1. The largest absolute Gasteiger partial charge is 0.302 e. The normalized spacial score (nSPS) is 11.1. The fourth-order valence-corrected chi connectivity index (χ4v) is 3.86. The molecule has 0 aliphatic heterocycles. The van der Waals surface area contributed by atoms with Gasteiger partial charge in [0.25, 0.3) is 0 Å². The minimum Gasteiger partial charge on any atom is -0.302 e. The molecule has 0 atom stereocenters. The van der Waals surface area contributed by atoms with Gasteiger partial charge in [-0.3, -0.25) is 0 Å². The van der Waals surface area contributed by atoms with Gasteiger partial charge in [0.2, 0.25) is 5.82 Å². The van der Waals surface area contributed by atoms with Gasteiger partial charge in [-0.25, -0.2) is 0 Å². The Kier molecular flexibility index (Phi) is 6.00. The molecule has 0 aliphatic rings. The van der Waals surface area contributed by atoms with E-state index in [-0.39, 0.29) is 0 Å². The van der Waals surface area contributed by atoms with Crippen LogP contribution < -0.4 is 0 Å². The second-order valence-electron chi connectivity index (χ2n) is 6.77. The minimum atomic E-state index is 0.589. The summed E-state index contributed by atoms with van der Waals surface area (Å²) in [5.74, 6) is 1.62. The molecule has 29 heavy (non-hydrogen) atoms. The number of nitrogens with one attached hydrogen (secondary N) is 1. The van der Waals surface area contributed by atoms with E-state index in [0.29, 0.717) is 12.4 Å². The Bertz CT molecular complexity index is 1060. The van der Waals surface area contributed by atoms with Gasteiger partial charge in [0, 0.05) is 12.0 Å². The van der Waals surface area contributed by atoms with Crippen molar-refractivity contribution in [3.05, 3.63) is 59.9 Å². The molecule has 148 valence electrons. The highest BCUT2D eigenvalue weighted by atomic mass is 32.2. The molecule has 1 N–H and O–H groups in total. The number of aryl methyl sites for hydroxylation is 1. The highest BCUT2D eigenvalue weighted by molar-refractivity contribution is 7.98. The second kappa shape index (κ2) is 9.00. The van der Waals surface area contributed by atoms with Gasteiger partial charge in [0.1, 0.15) is 5.82 Å². The van der Waals surface area contributed by atoms with E-state index in [9.17, 15) is 0 Å². The Morgan fingerprint density at radius 1 is 1.00 bits per heavy atom. The van der Waals surface area contributed by atoms with Crippen LogP contribution in [0.15, 0.2) is 53.7 Å². The van der Waals surface area contributed by atoms with Gasteiger partial charge in [0.05, 0.1) is 6.54 Å². The van der Waals surface area contributed by atoms with Crippen molar-refractivity contribution in [3.63, 3.8) is 0 Å². The number of hydrogen-bond donors (Lipinski definition) is 1. The first-order valence-electron chi connectivity index (χ1n) is 9.68. The van der Waals surface area contributed by atoms with E-state index < -0.39 is 0 Å². The van der Waals surface area contributed by atoms with E-state index >= 15 is 0 Å². The van der Waals surface area contributed by atoms with Gasteiger partial charge >= 0.3 is 0 Å². The van der Waals surface area contributed by atoms with E-state index in [1.165, 1.54) is 0 Å². The fraction of sp³-hybridized carbons (Fsp3) is 0.286. The van der Waals surface area contributed by atoms with Crippen LogP contribution in [0.1, 0.15) is 31.2 Å². The number of benzene rings is 2. The molecule has 0 saturated carbocycles. The third-order valence-electron chi connectivity index (χ3n) is 4.83. The summed E-state index contributed by atoms with van der Waals surface area (Å²) in [6.07, 6.45) is 5.21. The summed E-state index contributed by atoms with van der Waals surface area (Å²) < 4.78 is 2.21. The van der Waals surface area contributed by atoms with E-state index in [2.05, 4.69) is 72.6 Å². The first-order valence-corrected chi connectivity index (χ1v) is 10.9. The second-order valence-corrected chi connectivity index (χ2v) is 7.55. The van der Waals surface area contributed by atoms with Crippen molar-refractivity contribution in [1.82, 2.24) is 35.4 Å². The topological polar surface area (TPSA) is 85.2 Å². The number of hydrogen-bond acceptors (Lipinski definition) is 6. The Hall–Kier alpha value is -3.00. The molecule has 2 heterocycles. The molecular formula is C21H23N7S. The van der Waals surface area contributed by atoms with E-state index in [4.69, 9.17) is 0 Å². The number of unbranched alkanes of at least 4 members (excludes halogenated alkanes) is 1. The number of nitrogens with zero attached hydrogens (tertiary/aromatic N) is 6. The lowest BCUT2D eigenvalue weighted by atomic mass is 9.97. The summed E-state index contributed by atoms with van der Waals surface area (Å²) in [6.45, 7) is 2.90. The van der Waals surface area contributed by atoms with Crippen LogP contribution in [-0.2, 0) is 13.0 Å². The molecule has 0 bridgehead atoms. The van der Waals surface area contributed by atoms with Crippen LogP contribution in [0, 0.1) is 0 Å². The van der Waals surface area contributed by atoms with Crippen molar-refractivity contribution >= 4 is 11.8 Å². The molecule has 2 aromatic carbocycles. The molecule has 0 unspecified atom stereocenters. The van der Waals surface area contributed by atoms with Gasteiger partial charge in [-0.1, -0.05) is 67.6 Å². The number of aromatic amines is 1. The predicted octanol–water partition coefficient (Wildman–Crippen LogP) is 4.24.